The molecule has 0 aliphatic carbocycles. The Labute approximate surface area is 169 Å². The fourth-order valence-corrected chi connectivity index (χ4v) is 2.64. The molecular weight excluding hydrogens is 350 g/mol. The lowest BCUT2D eigenvalue weighted by atomic mass is 10.2. The van der Waals surface area contributed by atoms with Crippen LogP contribution in [0.15, 0.2) is 66.9 Å². The Morgan fingerprint density at radius 1 is 1.18 bits per heavy atom. The largest absolute Gasteiger partial charge is 0.330 e. The maximum atomic E-state index is 12.4. The van der Waals surface area contributed by atoms with Crippen LogP contribution in [0.2, 0.25) is 0 Å². The number of amides is 1. The maximum absolute atomic E-state index is 12.4. The van der Waals surface area contributed by atoms with Gasteiger partial charge in [-0.05, 0) is 30.7 Å². The molecule has 4 aromatic rings. The van der Waals surface area contributed by atoms with E-state index in [-0.39, 0.29) is 23.5 Å². The van der Waals surface area contributed by atoms with Gasteiger partial charge in [-0.25, -0.2) is 15.0 Å². The number of hydrogen-bond donors (Lipinski definition) is 1. The average molecular weight is 374 g/mol. The summed E-state index contributed by atoms with van der Waals surface area (Å²) in [5.41, 5.74) is 2.15. The van der Waals surface area contributed by atoms with Gasteiger partial charge in [-0.1, -0.05) is 30.2 Å². The number of carbonyl (C=O) groups is 1. The Morgan fingerprint density at radius 2 is 2.00 bits per heavy atom. The SMILES string of the molecule is [2H]c1c([2H])c([2H])c(/C=C/C(=O)Nc2cc3nc(-c4cnc(C)n4C)ccc3cn2)c([2H])c1[2H]. The van der Waals surface area contributed by atoms with Crippen molar-refractivity contribution in [2.75, 3.05) is 5.32 Å². The van der Waals surface area contributed by atoms with Crippen molar-refractivity contribution in [2.24, 2.45) is 7.05 Å². The number of pyridine rings is 2. The third-order valence-corrected chi connectivity index (χ3v) is 4.23. The molecule has 138 valence electrons. The lowest BCUT2D eigenvalue weighted by Crippen LogP contribution is -2.09. The van der Waals surface area contributed by atoms with E-state index in [0.29, 0.717) is 5.52 Å². The quantitative estimate of drug-likeness (QED) is 0.548. The zero-order valence-electron chi connectivity index (χ0n) is 20.2. The van der Waals surface area contributed by atoms with Gasteiger partial charge >= 0.3 is 0 Å². The zero-order chi connectivity index (χ0) is 23.9. The molecule has 0 saturated heterocycles. The second kappa shape index (κ2) is 7.44. The standard InChI is InChI=1S/C22H19N5O/c1-15-23-14-20(27(15)2)18-10-9-17-13-24-21(12-19(17)25-18)26-22(28)11-8-16-6-4-3-5-7-16/h3-14H,1-2H3,(H,24,26,28)/b11-8+/i3D,4D,5D,6D,7D. The number of hydrogen-bond acceptors (Lipinski definition) is 4. The number of carbonyl (C=O) groups excluding carboxylic acids is 1. The van der Waals surface area contributed by atoms with Crippen LogP contribution in [-0.4, -0.2) is 25.4 Å². The highest BCUT2D eigenvalue weighted by Crippen LogP contribution is 2.22. The van der Waals surface area contributed by atoms with Gasteiger partial charge in [-0.15, -0.1) is 0 Å². The first kappa shape index (κ1) is 12.6. The normalized spacial score (nSPS) is 13.7. The molecule has 6 heteroatoms. The van der Waals surface area contributed by atoms with E-state index in [2.05, 4.69) is 20.3 Å². The van der Waals surface area contributed by atoms with E-state index in [9.17, 15) is 4.79 Å². The van der Waals surface area contributed by atoms with E-state index >= 15 is 0 Å². The summed E-state index contributed by atoms with van der Waals surface area (Å²) in [4.78, 5) is 25.6. The van der Waals surface area contributed by atoms with Crippen molar-refractivity contribution < 1.29 is 11.6 Å². The molecule has 0 fully saturated rings. The molecular formula is C22H19N5O. The van der Waals surface area contributed by atoms with Crippen molar-refractivity contribution in [1.29, 1.82) is 0 Å². The third kappa shape index (κ3) is 3.66. The first-order valence-corrected chi connectivity index (χ1v) is 8.49. The minimum absolute atomic E-state index is 0.0691. The molecule has 0 atom stereocenters. The smallest absolute Gasteiger partial charge is 0.249 e. The Kier molecular flexibility index (Phi) is 3.34. The Balaban J connectivity index is 1.59. The molecule has 1 aromatic carbocycles. The topological polar surface area (TPSA) is 72.7 Å². The van der Waals surface area contributed by atoms with E-state index in [4.69, 9.17) is 6.85 Å². The molecule has 6 nitrogen and oxygen atoms in total. The number of nitrogens with one attached hydrogen (secondary N) is 1. The summed E-state index contributed by atoms with van der Waals surface area (Å²) in [7, 11) is 1.91. The molecule has 3 aromatic heterocycles. The van der Waals surface area contributed by atoms with Gasteiger partial charge < -0.3 is 9.88 Å². The first-order chi connectivity index (χ1) is 15.7. The van der Waals surface area contributed by atoms with Gasteiger partial charge in [0.05, 0.1) is 30.0 Å². The highest BCUT2D eigenvalue weighted by atomic mass is 16.1. The van der Waals surface area contributed by atoms with Crippen molar-refractivity contribution in [3.05, 3.63) is 78.3 Å². The predicted molar refractivity (Wildman–Crippen MR) is 111 cm³/mol. The van der Waals surface area contributed by atoms with Crippen LogP contribution in [0, 0.1) is 6.92 Å². The minimum Gasteiger partial charge on any atom is -0.330 e. The maximum Gasteiger partial charge on any atom is 0.249 e. The summed E-state index contributed by atoms with van der Waals surface area (Å²) in [6, 6.07) is 3.24. The van der Waals surface area contributed by atoms with Crippen LogP contribution in [0.3, 0.4) is 0 Å². The Hall–Kier alpha value is -3.80. The van der Waals surface area contributed by atoms with Crippen molar-refractivity contribution >= 4 is 28.7 Å². The molecule has 0 aliphatic rings. The van der Waals surface area contributed by atoms with Crippen LogP contribution in [0.5, 0.6) is 0 Å². The van der Waals surface area contributed by atoms with Crippen molar-refractivity contribution in [2.45, 2.75) is 6.92 Å². The highest BCUT2D eigenvalue weighted by Gasteiger charge is 2.09. The van der Waals surface area contributed by atoms with Crippen LogP contribution in [0.4, 0.5) is 5.82 Å². The molecule has 3 heterocycles. The van der Waals surface area contributed by atoms with Crippen LogP contribution >= 0.6 is 0 Å². The number of aryl methyl sites for hydroxylation is 1. The molecule has 0 spiro atoms. The molecule has 0 radical (unpaired) electrons. The molecule has 4 rings (SSSR count). The van der Waals surface area contributed by atoms with Gasteiger partial charge in [0, 0.05) is 30.8 Å². The van der Waals surface area contributed by atoms with E-state index in [1.165, 1.54) is 6.08 Å². The summed E-state index contributed by atoms with van der Waals surface area (Å²) >= 11 is 0. The molecule has 1 amide bonds. The highest BCUT2D eigenvalue weighted by molar-refractivity contribution is 6.02. The second-order valence-corrected chi connectivity index (χ2v) is 6.07. The molecule has 28 heavy (non-hydrogen) atoms. The Morgan fingerprint density at radius 3 is 2.75 bits per heavy atom. The zero-order valence-corrected chi connectivity index (χ0v) is 15.2. The van der Waals surface area contributed by atoms with E-state index in [1.807, 2.05) is 30.7 Å². The average Bonchev–Trinajstić information content (AvgIpc) is 3.14. The minimum atomic E-state index is -0.563. The first-order valence-electron chi connectivity index (χ1n) is 11.0. The lowest BCUT2D eigenvalue weighted by Gasteiger charge is -2.06. The van der Waals surface area contributed by atoms with Gasteiger partial charge in [-0.2, -0.15) is 0 Å². The number of fused-ring (bicyclic) bond motifs is 1. The van der Waals surface area contributed by atoms with Crippen LogP contribution in [0.25, 0.3) is 28.4 Å². The monoisotopic (exact) mass is 374 g/mol. The number of benzene rings is 1. The van der Waals surface area contributed by atoms with Gasteiger partial charge in [-0.3, -0.25) is 4.79 Å². The number of anilines is 1. The molecule has 1 N–H and O–H groups in total. The van der Waals surface area contributed by atoms with Crippen LogP contribution in [-0.2, 0) is 11.8 Å². The van der Waals surface area contributed by atoms with Crippen LogP contribution < -0.4 is 5.32 Å². The van der Waals surface area contributed by atoms with Gasteiger partial charge in [0.15, 0.2) is 0 Å². The Bertz CT molecular complexity index is 1420. The number of imidazole rings is 1. The van der Waals surface area contributed by atoms with Crippen molar-refractivity contribution in [3.63, 3.8) is 0 Å². The molecule has 0 saturated carbocycles. The lowest BCUT2D eigenvalue weighted by molar-refractivity contribution is -0.111. The summed E-state index contributed by atoms with van der Waals surface area (Å²) in [5, 5.41) is 3.41. The fourth-order valence-electron chi connectivity index (χ4n) is 2.64. The van der Waals surface area contributed by atoms with Gasteiger partial charge in [0.25, 0.3) is 0 Å². The fraction of sp³-hybridized carbons (Fsp3) is 0.0909. The van der Waals surface area contributed by atoms with Crippen LogP contribution in [0.1, 0.15) is 18.2 Å². The third-order valence-electron chi connectivity index (χ3n) is 4.23. The number of aromatic nitrogens is 4. The second-order valence-electron chi connectivity index (χ2n) is 6.07. The predicted octanol–water partition coefficient (Wildman–Crippen LogP) is 3.99. The van der Waals surface area contributed by atoms with Crippen molar-refractivity contribution in [3.8, 4) is 11.4 Å². The molecule has 0 aliphatic heterocycles. The van der Waals surface area contributed by atoms with Crippen molar-refractivity contribution in [1.82, 2.24) is 19.5 Å². The summed E-state index contributed by atoms with van der Waals surface area (Å²) in [6.07, 6.45) is 5.63. The molecule has 0 bridgehead atoms. The molecule has 0 unspecified atom stereocenters. The summed E-state index contributed by atoms with van der Waals surface area (Å²) in [6.45, 7) is 1.90. The number of rotatable bonds is 4. The van der Waals surface area contributed by atoms with E-state index < -0.39 is 24.0 Å². The summed E-state index contributed by atoms with van der Waals surface area (Å²) < 4.78 is 40.8. The summed E-state index contributed by atoms with van der Waals surface area (Å²) in [5.74, 6) is 0.566. The number of nitrogens with zero attached hydrogens (tertiary/aromatic N) is 4. The van der Waals surface area contributed by atoms with Gasteiger partial charge in [0.1, 0.15) is 11.6 Å². The van der Waals surface area contributed by atoms with E-state index in [0.717, 1.165) is 28.7 Å². The van der Waals surface area contributed by atoms with E-state index in [1.54, 1.807) is 18.5 Å². The van der Waals surface area contributed by atoms with Gasteiger partial charge in [0.2, 0.25) is 5.91 Å².